The lowest BCUT2D eigenvalue weighted by atomic mass is 9.99. The van der Waals surface area contributed by atoms with E-state index in [1.807, 2.05) is 0 Å². The number of rotatable bonds is 3. The molecule has 2 rings (SSSR count). The molecule has 0 aliphatic heterocycles. The number of methoxy groups -OCH3 is 1. The van der Waals surface area contributed by atoms with Gasteiger partial charge in [0.1, 0.15) is 5.75 Å². The first kappa shape index (κ1) is 16.9. The molecule has 2 aromatic carbocycles. The van der Waals surface area contributed by atoms with E-state index in [1.165, 1.54) is 0 Å². The Bertz CT molecular complexity index is 767. The van der Waals surface area contributed by atoms with E-state index in [1.54, 1.807) is 0 Å². The van der Waals surface area contributed by atoms with Gasteiger partial charge >= 0.3 is 6.18 Å². The van der Waals surface area contributed by atoms with Crippen LogP contribution in [0.3, 0.4) is 0 Å². The lowest BCUT2D eigenvalue weighted by molar-refractivity contribution is -0.137. The zero-order chi connectivity index (χ0) is 17.4. The van der Waals surface area contributed by atoms with E-state index >= 15 is 0 Å². The molecule has 0 unspecified atom stereocenters. The second-order valence-electron chi connectivity index (χ2n) is 4.46. The van der Waals surface area contributed by atoms with Gasteiger partial charge in [-0.05, 0) is 30.3 Å². The van der Waals surface area contributed by atoms with Crippen molar-refractivity contribution in [1.82, 2.24) is 0 Å². The summed E-state index contributed by atoms with van der Waals surface area (Å²) in [6, 6.07) is 3.18. The molecule has 0 heterocycles. The van der Waals surface area contributed by atoms with Gasteiger partial charge in [-0.1, -0.05) is 0 Å². The van der Waals surface area contributed by atoms with Crippen molar-refractivity contribution in [2.45, 2.75) is 6.18 Å². The molecule has 0 radical (unpaired) electrons. The number of carbonyl (C=O) groups is 1. The molecule has 0 fully saturated rings. The van der Waals surface area contributed by atoms with Crippen LogP contribution in [0, 0.1) is 17.5 Å². The molecule has 8 heteroatoms. The summed E-state index contributed by atoms with van der Waals surface area (Å²) in [5.41, 5.74) is -2.68. The van der Waals surface area contributed by atoms with Gasteiger partial charge in [0.05, 0.1) is 23.8 Å². The predicted octanol–water partition coefficient (Wildman–Crippen LogP) is 4.36. The molecule has 0 saturated carbocycles. The van der Waals surface area contributed by atoms with Gasteiger partial charge in [0.25, 0.3) is 0 Å². The van der Waals surface area contributed by atoms with Gasteiger partial charge in [-0.2, -0.15) is 13.2 Å². The lowest BCUT2D eigenvalue weighted by Gasteiger charge is -2.12. The van der Waals surface area contributed by atoms with E-state index in [-0.39, 0.29) is 5.75 Å². The number of halogens is 6. The van der Waals surface area contributed by atoms with Crippen LogP contribution in [0.2, 0.25) is 0 Å². The predicted molar refractivity (Wildman–Crippen MR) is 67.7 cm³/mol. The molecule has 2 aromatic rings. The van der Waals surface area contributed by atoms with Crippen LogP contribution < -0.4 is 4.74 Å². The Morgan fingerprint density at radius 3 is 2.17 bits per heavy atom. The van der Waals surface area contributed by atoms with E-state index in [0.717, 1.165) is 13.2 Å². The van der Waals surface area contributed by atoms with Gasteiger partial charge in [0.2, 0.25) is 0 Å². The molecular weight excluding hydrogens is 326 g/mol. The Morgan fingerprint density at radius 1 is 0.957 bits per heavy atom. The maximum atomic E-state index is 13.7. The van der Waals surface area contributed by atoms with Gasteiger partial charge in [-0.25, -0.2) is 13.2 Å². The summed E-state index contributed by atoms with van der Waals surface area (Å²) < 4.78 is 82.7. The minimum absolute atomic E-state index is 0.257. The van der Waals surface area contributed by atoms with Crippen molar-refractivity contribution in [3.8, 4) is 5.75 Å². The molecule has 0 aliphatic rings. The number of hydrogen-bond donors (Lipinski definition) is 0. The molecule has 0 aliphatic carbocycles. The fraction of sp³-hybridized carbons (Fsp3) is 0.133. The van der Waals surface area contributed by atoms with E-state index in [0.29, 0.717) is 24.3 Å². The Balaban J connectivity index is 2.61. The van der Waals surface area contributed by atoms with E-state index in [2.05, 4.69) is 0 Å². The molecule has 0 N–H and O–H groups in total. The Hall–Kier alpha value is -2.51. The topological polar surface area (TPSA) is 26.3 Å². The highest BCUT2D eigenvalue weighted by atomic mass is 19.4. The van der Waals surface area contributed by atoms with Crippen LogP contribution in [0.4, 0.5) is 26.3 Å². The molecule has 0 aromatic heterocycles. The number of ether oxygens (including phenoxy) is 1. The fourth-order valence-corrected chi connectivity index (χ4v) is 1.91. The molecule has 0 atom stereocenters. The van der Waals surface area contributed by atoms with Crippen molar-refractivity contribution in [3.63, 3.8) is 0 Å². The molecule has 122 valence electrons. The molecule has 0 saturated heterocycles. The summed E-state index contributed by atoms with van der Waals surface area (Å²) in [5, 5.41) is 0. The molecule has 0 spiro atoms. The quantitative estimate of drug-likeness (QED) is 0.474. The van der Waals surface area contributed by atoms with Crippen molar-refractivity contribution >= 4 is 5.78 Å². The maximum Gasteiger partial charge on any atom is 0.416 e. The summed E-state index contributed by atoms with van der Waals surface area (Å²) in [7, 11) is 1.10. The summed E-state index contributed by atoms with van der Waals surface area (Å²) in [6.07, 6.45) is -4.74. The molecule has 2 nitrogen and oxygen atoms in total. The minimum atomic E-state index is -4.74. The van der Waals surface area contributed by atoms with Crippen LogP contribution in [-0.4, -0.2) is 12.9 Å². The van der Waals surface area contributed by atoms with Crippen molar-refractivity contribution in [2.75, 3.05) is 7.11 Å². The minimum Gasteiger partial charge on any atom is -0.496 e. The highest BCUT2D eigenvalue weighted by molar-refractivity contribution is 6.11. The molecule has 0 amide bonds. The SMILES string of the molecule is COc1ccc(C(F)(F)F)cc1C(=O)c1ccc(F)c(F)c1F. The maximum absolute atomic E-state index is 13.7. The van der Waals surface area contributed by atoms with E-state index < -0.39 is 46.1 Å². The van der Waals surface area contributed by atoms with Crippen molar-refractivity contribution in [2.24, 2.45) is 0 Å². The average molecular weight is 334 g/mol. The van der Waals surface area contributed by atoms with Gasteiger partial charge in [0, 0.05) is 0 Å². The zero-order valence-electron chi connectivity index (χ0n) is 11.5. The Morgan fingerprint density at radius 2 is 1.61 bits per heavy atom. The first-order chi connectivity index (χ1) is 10.7. The third-order valence-electron chi connectivity index (χ3n) is 3.05. The summed E-state index contributed by atoms with van der Waals surface area (Å²) in [4.78, 5) is 12.2. The smallest absolute Gasteiger partial charge is 0.416 e. The van der Waals surface area contributed by atoms with Gasteiger partial charge < -0.3 is 4.74 Å². The van der Waals surface area contributed by atoms with Crippen LogP contribution in [0.25, 0.3) is 0 Å². The molecule has 23 heavy (non-hydrogen) atoms. The van der Waals surface area contributed by atoms with Crippen molar-refractivity contribution in [1.29, 1.82) is 0 Å². The highest BCUT2D eigenvalue weighted by Gasteiger charge is 2.32. The lowest BCUT2D eigenvalue weighted by Crippen LogP contribution is -2.12. The van der Waals surface area contributed by atoms with E-state index in [4.69, 9.17) is 4.74 Å². The Kier molecular flexibility index (Phi) is 4.35. The number of benzene rings is 2. The molecular formula is C15H8F6O2. The summed E-state index contributed by atoms with van der Waals surface area (Å²) in [5.74, 6) is -6.71. The van der Waals surface area contributed by atoms with Crippen LogP contribution in [-0.2, 0) is 6.18 Å². The van der Waals surface area contributed by atoms with Gasteiger partial charge in [-0.3, -0.25) is 4.79 Å². The van der Waals surface area contributed by atoms with Crippen LogP contribution in [0.15, 0.2) is 30.3 Å². The number of alkyl halides is 3. The standard InChI is InChI=1S/C15H8F6O2/c1-23-11-5-2-7(15(19,20)21)6-9(11)14(22)8-3-4-10(16)13(18)12(8)17/h2-6H,1H3. The monoisotopic (exact) mass is 334 g/mol. The van der Waals surface area contributed by atoms with Gasteiger partial charge in [-0.15, -0.1) is 0 Å². The summed E-state index contributed by atoms with van der Waals surface area (Å²) >= 11 is 0. The summed E-state index contributed by atoms with van der Waals surface area (Å²) in [6.45, 7) is 0. The Labute approximate surface area is 126 Å². The van der Waals surface area contributed by atoms with Crippen LogP contribution in [0.5, 0.6) is 5.75 Å². The third kappa shape index (κ3) is 3.15. The third-order valence-corrected chi connectivity index (χ3v) is 3.05. The number of carbonyl (C=O) groups excluding carboxylic acids is 1. The van der Waals surface area contributed by atoms with Crippen molar-refractivity contribution in [3.05, 3.63) is 64.5 Å². The number of ketones is 1. The normalized spacial score (nSPS) is 11.4. The van der Waals surface area contributed by atoms with Gasteiger partial charge in [0.15, 0.2) is 23.2 Å². The molecule has 0 bridgehead atoms. The fourth-order valence-electron chi connectivity index (χ4n) is 1.91. The van der Waals surface area contributed by atoms with Crippen molar-refractivity contribution < 1.29 is 35.9 Å². The first-order valence-electron chi connectivity index (χ1n) is 6.10. The van der Waals surface area contributed by atoms with Crippen LogP contribution in [0.1, 0.15) is 21.5 Å². The largest absolute Gasteiger partial charge is 0.496 e. The second kappa shape index (κ2) is 5.94. The average Bonchev–Trinajstić information content (AvgIpc) is 2.50. The second-order valence-corrected chi connectivity index (χ2v) is 4.46. The highest BCUT2D eigenvalue weighted by Crippen LogP contribution is 2.33. The zero-order valence-corrected chi connectivity index (χ0v) is 11.5. The van der Waals surface area contributed by atoms with Crippen LogP contribution >= 0.6 is 0 Å². The number of hydrogen-bond acceptors (Lipinski definition) is 2. The van der Waals surface area contributed by atoms with E-state index in [9.17, 15) is 31.1 Å². The first-order valence-corrected chi connectivity index (χ1v) is 6.10.